The van der Waals surface area contributed by atoms with Crippen molar-refractivity contribution in [3.63, 3.8) is 0 Å². The van der Waals surface area contributed by atoms with Crippen molar-refractivity contribution in [1.82, 2.24) is 9.97 Å². The molecule has 0 atom stereocenters. The summed E-state index contributed by atoms with van der Waals surface area (Å²) in [5.74, 6) is 3.18. The Hall–Kier alpha value is -3.28. The Bertz CT molecular complexity index is 976. The Morgan fingerprint density at radius 2 is 1.89 bits per heavy atom. The molecule has 2 aromatic carbocycles. The first-order valence-corrected chi connectivity index (χ1v) is 9.12. The fraction of sp³-hybridized carbons (Fsp3) is 0.238. The molecule has 3 aromatic rings. The van der Waals surface area contributed by atoms with Crippen LogP contribution in [0.5, 0.6) is 11.5 Å². The fourth-order valence-electron chi connectivity index (χ4n) is 3.51. The first-order valence-electron chi connectivity index (χ1n) is 9.12. The highest BCUT2D eigenvalue weighted by atomic mass is 16.7. The molecule has 2 aliphatic heterocycles. The number of rotatable bonds is 4. The van der Waals surface area contributed by atoms with Crippen LogP contribution in [0.3, 0.4) is 0 Å². The second-order valence-corrected chi connectivity index (χ2v) is 6.72. The molecule has 2 aliphatic rings. The molecule has 1 aromatic heterocycles. The van der Waals surface area contributed by atoms with Crippen molar-refractivity contribution < 1.29 is 9.47 Å². The van der Waals surface area contributed by atoms with Crippen molar-refractivity contribution in [2.24, 2.45) is 0 Å². The van der Waals surface area contributed by atoms with E-state index >= 15 is 0 Å². The summed E-state index contributed by atoms with van der Waals surface area (Å²) >= 11 is 0. The molecule has 6 heteroatoms. The molecule has 0 radical (unpaired) electrons. The Balaban J connectivity index is 1.28. The lowest BCUT2D eigenvalue weighted by atomic mass is 10.0. The highest BCUT2D eigenvalue weighted by molar-refractivity contribution is 5.47. The number of hydrogen-bond donors (Lipinski definition) is 1. The van der Waals surface area contributed by atoms with E-state index in [0.717, 1.165) is 48.3 Å². The average molecular weight is 360 g/mol. The molecule has 0 aliphatic carbocycles. The molecule has 0 unspecified atom stereocenters. The van der Waals surface area contributed by atoms with Crippen LogP contribution in [0, 0.1) is 0 Å². The number of fused-ring (bicyclic) bond motifs is 2. The Labute approximate surface area is 157 Å². The zero-order valence-electron chi connectivity index (χ0n) is 14.9. The minimum absolute atomic E-state index is 0.292. The maximum Gasteiger partial charge on any atom is 0.231 e. The molecular formula is C21H20N4O2. The summed E-state index contributed by atoms with van der Waals surface area (Å²) in [5, 5.41) is 3.38. The largest absolute Gasteiger partial charge is 0.454 e. The number of nitrogens with one attached hydrogen (secondary N) is 1. The van der Waals surface area contributed by atoms with Gasteiger partial charge in [-0.15, -0.1) is 0 Å². The molecule has 0 saturated carbocycles. The molecule has 27 heavy (non-hydrogen) atoms. The van der Waals surface area contributed by atoms with E-state index in [0.29, 0.717) is 13.3 Å². The van der Waals surface area contributed by atoms with Crippen LogP contribution in [0.15, 0.2) is 54.7 Å². The summed E-state index contributed by atoms with van der Waals surface area (Å²) in [6.45, 7) is 2.74. The summed E-state index contributed by atoms with van der Waals surface area (Å²) in [5.41, 5.74) is 3.89. The van der Waals surface area contributed by atoms with E-state index in [1.54, 1.807) is 0 Å². The van der Waals surface area contributed by atoms with Gasteiger partial charge < -0.3 is 19.7 Å². The third-order valence-electron chi connectivity index (χ3n) is 4.97. The van der Waals surface area contributed by atoms with E-state index in [9.17, 15) is 0 Å². The second-order valence-electron chi connectivity index (χ2n) is 6.72. The summed E-state index contributed by atoms with van der Waals surface area (Å²) < 4.78 is 10.8. The average Bonchev–Trinajstić information content (AvgIpc) is 3.20. The van der Waals surface area contributed by atoms with Crippen LogP contribution in [0.4, 0.5) is 11.8 Å². The predicted octanol–water partition coefficient (Wildman–Crippen LogP) is 3.38. The smallest absolute Gasteiger partial charge is 0.231 e. The molecule has 136 valence electrons. The van der Waals surface area contributed by atoms with E-state index < -0.39 is 0 Å². The van der Waals surface area contributed by atoms with Gasteiger partial charge in [-0.3, -0.25) is 0 Å². The van der Waals surface area contributed by atoms with Gasteiger partial charge in [0.2, 0.25) is 12.7 Å². The van der Waals surface area contributed by atoms with E-state index in [2.05, 4.69) is 39.5 Å². The molecule has 0 bridgehead atoms. The molecule has 0 fully saturated rings. The van der Waals surface area contributed by atoms with Gasteiger partial charge >= 0.3 is 0 Å². The standard InChI is InChI=1S/C21H20N4O2/c1-2-4-17-13-25(10-8-16(17)3-1)21-22-9-7-20(24-21)23-12-15-5-6-18-19(11-15)27-14-26-18/h1-7,9,11H,8,10,12-14H2,(H,22,23,24). The maximum absolute atomic E-state index is 5.44. The monoisotopic (exact) mass is 360 g/mol. The van der Waals surface area contributed by atoms with Crippen LogP contribution in [-0.2, 0) is 19.5 Å². The highest BCUT2D eigenvalue weighted by Gasteiger charge is 2.18. The van der Waals surface area contributed by atoms with Gasteiger partial charge in [-0.25, -0.2) is 4.98 Å². The van der Waals surface area contributed by atoms with Gasteiger partial charge in [0.15, 0.2) is 11.5 Å². The Morgan fingerprint density at radius 1 is 1.00 bits per heavy atom. The van der Waals surface area contributed by atoms with Crippen molar-refractivity contribution in [2.45, 2.75) is 19.5 Å². The minimum atomic E-state index is 0.292. The van der Waals surface area contributed by atoms with Crippen molar-refractivity contribution in [1.29, 1.82) is 0 Å². The van der Waals surface area contributed by atoms with Crippen molar-refractivity contribution in [3.05, 3.63) is 71.4 Å². The fourth-order valence-corrected chi connectivity index (χ4v) is 3.51. The van der Waals surface area contributed by atoms with Crippen LogP contribution in [0.25, 0.3) is 0 Å². The van der Waals surface area contributed by atoms with Crippen molar-refractivity contribution >= 4 is 11.8 Å². The van der Waals surface area contributed by atoms with Crippen molar-refractivity contribution in [2.75, 3.05) is 23.6 Å². The lowest BCUT2D eigenvalue weighted by molar-refractivity contribution is 0.174. The van der Waals surface area contributed by atoms with Gasteiger partial charge in [0.1, 0.15) is 5.82 Å². The summed E-state index contributed by atoms with van der Waals surface area (Å²) in [7, 11) is 0. The van der Waals surface area contributed by atoms with Gasteiger partial charge in [-0.05, 0) is 41.3 Å². The molecule has 1 N–H and O–H groups in total. The number of benzene rings is 2. The highest BCUT2D eigenvalue weighted by Crippen LogP contribution is 2.32. The Morgan fingerprint density at radius 3 is 2.85 bits per heavy atom. The SMILES string of the molecule is c1ccc2c(c1)CCN(c1nccc(NCc3ccc4c(c3)OCO4)n1)C2. The number of hydrogen-bond acceptors (Lipinski definition) is 6. The number of ether oxygens (including phenoxy) is 2. The summed E-state index contributed by atoms with van der Waals surface area (Å²) in [6, 6.07) is 16.5. The quantitative estimate of drug-likeness (QED) is 0.770. The number of anilines is 2. The van der Waals surface area contributed by atoms with Crippen LogP contribution in [-0.4, -0.2) is 23.3 Å². The van der Waals surface area contributed by atoms with E-state index in [4.69, 9.17) is 14.5 Å². The number of nitrogens with zero attached hydrogens (tertiary/aromatic N) is 3. The lowest BCUT2D eigenvalue weighted by Gasteiger charge is -2.28. The number of aromatic nitrogens is 2. The molecule has 0 amide bonds. The zero-order valence-corrected chi connectivity index (χ0v) is 14.9. The summed E-state index contributed by atoms with van der Waals surface area (Å²) in [6.07, 6.45) is 2.83. The third kappa shape index (κ3) is 3.26. The van der Waals surface area contributed by atoms with E-state index in [-0.39, 0.29) is 0 Å². The molecular weight excluding hydrogens is 340 g/mol. The molecule has 5 rings (SSSR count). The van der Waals surface area contributed by atoms with Gasteiger partial charge in [-0.1, -0.05) is 30.3 Å². The third-order valence-corrected chi connectivity index (χ3v) is 4.97. The van der Waals surface area contributed by atoms with Gasteiger partial charge in [0.25, 0.3) is 0 Å². The topological polar surface area (TPSA) is 59.5 Å². The van der Waals surface area contributed by atoms with Gasteiger partial charge in [0, 0.05) is 25.8 Å². The normalized spacial score (nSPS) is 14.7. The lowest BCUT2D eigenvalue weighted by Crippen LogP contribution is -2.31. The molecule has 0 spiro atoms. The Kier molecular flexibility index (Phi) is 4.01. The first-order chi connectivity index (χ1) is 13.3. The van der Waals surface area contributed by atoms with Crippen LogP contribution in [0.1, 0.15) is 16.7 Å². The summed E-state index contributed by atoms with van der Waals surface area (Å²) in [4.78, 5) is 11.4. The van der Waals surface area contributed by atoms with Gasteiger partial charge in [0.05, 0.1) is 0 Å². The second kappa shape index (κ2) is 6.79. The van der Waals surface area contributed by atoms with E-state index in [1.807, 2.05) is 30.5 Å². The molecule has 3 heterocycles. The minimum Gasteiger partial charge on any atom is -0.454 e. The van der Waals surface area contributed by atoms with Crippen LogP contribution >= 0.6 is 0 Å². The maximum atomic E-state index is 5.44. The van der Waals surface area contributed by atoms with Gasteiger partial charge in [-0.2, -0.15) is 4.98 Å². The first kappa shape index (κ1) is 15.9. The zero-order chi connectivity index (χ0) is 18.1. The predicted molar refractivity (Wildman–Crippen MR) is 103 cm³/mol. The van der Waals surface area contributed by atoms with Crippen LogP contribution < -0.4 is 19.7 Å². The molecule has 0 saturated heterocycles. The van der Waals surface area contributed by atoms with Crippen LogP contribution in [0.2, 0.25) is 0 Å². The van der Waals surface area contributed by atoms with Crippen molar-refractivity contribution in [3.8, 4) is 11.5 Å². The molecule has 6 nitrogen and oxygen atoms in total. The van der Waals surface area contributed by atoms with E-state index in [1.165, 1.54) is 11.1 Å².